The third-order valence-corrected chi connectivity index (χ3v) is 3.93. The molecule has 1 N–H and O–H groups in total. The van der Waals surface area contributed by atoms with Crippen LogP contribution in [0, 0.1) is 0 Å². The van der Waals surface area contributed by atoms with Crippen LogP contribution in [0.5, 0.6) is 0 Å². The average Bonchev–Trinajstić information content (AvgIpc) is 2.85. The normalized spacial score (nSPS) is 18.9. The lowest BCUT2D eigenvalue weighted by Crippen LogP contribution is -2.48. The number of morpholine rings is 1. The molecule has 0 unspecified atom stereocenters. The Morgan fingerprint density at radius 1 is 1.58 bits per heavy atom. The van der Waals surface area contributed by atoms with Crippen molar-refractivity contribution in [3.63, 3.8) is 0 Å². The number of carboxylic acid groups (broad SMARTS) is 1. The van der Waals surface area contributed by atoms with Crippen LogP contribution in [0.3, 0.4) is 0 Å². The molecule has 0 saturated carbocycles. The number of carbonyl (C=O) groups is 1. The van der Waals surface area contributed by atoms with Crippen LogP contribution in [0.2, 0.25) is 0 Å². The maximum Gasteiger partial charge on any atom is 0.356 e. The Balaban J connectivity index is 2.06. The van der Waals surface area contributed by atoms with Crippen LogP contribution >= 0.6 is 11.3 Å². The predicted octanol–water partition coefficient (Wildman–Crippen LogP) is 1.71. The smallest absolute Gasteiger partial charge is 0.356 e. The van der Waals surface area contributed by atoms with Crippen LogP contribution in [0.1, 0.15) is 24.3 Å². The van der Waals surface area contributed by atoms with E-state index < -0.39 is 5.97 Å². The number of fused-ring (bicyclic) bond motifs is 1. The van der Waals surface area contributed by atoms with E-state index >= 15 is 0 Å². The van der Waals surface area contributed by atoms with Crippen molar-refractivity contribution in [3.05, 3.63) is 17.3 Å². The highest BCUT2D eigenvalue weighted by molar-refractivity contribution is 7.15. The molecule has 1 saturated heterocycles. The minimum Gasteiger partial charge on any atom is -0.476 e. The second kappa shape index (κ2) is 4.21. The Kier molecular flexibility index (Phi) is 2.75. The average molecular weight is 281 g/mol. The third-order valence-electron chi connectivity index (χ3n) is 3.17. The zero-order valence-corrected chi connectivity index (χ0v) is 11.6. The molecule has 102 valence electrons. The van der Waals surface area contributed by atoms with E-state index in [-0.39, 0.29) is 11.3 Å². The molecule has 0 spiro atoms. The lowest BCUT2D eigenvalue weighted by Gasteiger charge is -2.38. The maximum absolute atomic E-state index is 11.5. The van der Waals surface area contributed by atoms with Gasteiger partial charge in [0, 0.05) is 24.7 Å². The summed E-state index contributed by atoms with van der Waals surface area (Å²) in [5.74, 6) is -0.416. The number of rotatable bonds is 2. The van der Waals surface area contributed by atoms with Gasteiger partial charge in [0.1, 0.15) is 0 Å². The highest BCUT2D eigenvalue weighted by atomic mass is 32.1. The van der Waals surface area contributed by atoms with Crippen molar-refractivity contribution in [2.45, 2.75) is 19.4 Å². The second-order valence-corrected chi connectivity index (χ2v) is 6.05. The summed E-state index contributed by atoms with van der Waals surface area (Å²) in [7, 11) is 0. The topological polar surface area (TPSA) is 67.1 Å². The molecule has 0 atom stereocenters. The zero-order chi connectivity index (χ0) is 13.6. The molecule has 0 amide bonds. The van der Waals surface area contributed by atoms with E-state index in [1.807, 2.05) is 24.1 Å². The first-order valence-electron chi connectivity index (χ1n) is 6.06. The third kappa shape index (κ3) is 2.08. The van der Waals surface area contributed by atoms with Gasteiger partial charge < -0.3 is 14.7 Å². The van der Waals surface area contributed by atoms with Gasteiger partial charge in [0.25, 0.3) is 0 Å². The van der Waals surface area contributed by atoms with Crippen LogP contribution in [-0.4, -0.2) is 45.8 Å². The van der Waals surface area contributed by atoms with E-state index in [1.54, 1.807) is 10.6 Å². The predicted molar refractivity (Wildman–Crippen MR) is 72.3 cm³/mol. The Morgan fingerprint density at radius 3 is 3.05 bits per heavy atom. The van der Waals surface area contributed by atoms with Gasteiger partial charge in [-0.1, -0.05) is 0 Å². The van der Waals surface area contributed by atoms with Gasteiger partial charge >= 0.3 is 5.97 Å². The fourth-order valence-corrected chi connectivity index (χ4v) is 3.10. The molecule has 0 bridgehead atoms. The van der Waals surface area contributed by atoms with Gasteiger partial charge in [-0.25, -0.2) is 9.78 Å². The first-order chi connectivity index (χ1) is 8.98. The summed E-state index contributed by atoms with van der Waals surface area (Å²) in [5, 5.41) is 11.3. The van der Waals surface area contributed by atoms with Crippen LogP contribution < -0.4 is 4.90 Å². The van der Waals surface area contributed by atoms with Crippen molar-refractivity contribution in [2.24, 2.45) is 0 Å². The SMILES string of the molecule is CC1(C)CN(c2nc3sccn3c2C(=O)O)CCO1. The molecule has 0 aliphatic carbocycles. The fraction of sp³-hybridized carbons (Fsp3) is 0.500. The van der Waals surface area contributed by atoms with Gasteiger partial charge in [-0.2, -0.15) is 0 Å². The summed E-state index contributed by atoms with van der Waals surface area (Å²) in [4.78, 5) is 18.6. The standard InChI is InChI=1S/C12H15N3O3S/c1-12(2)7-14(3-5-18-12)9-8(10(16)17)15-4-6-19-11(15)13-9/h4,6H,3,5,7H2,1-2H3,(H,16,17). The summed E-state index contributed by atoms with van der Waals surface area (Å²) in [6.45, 7) is 5.87. The Morgan fingerprint density at radius 2 is 2.37 bits per heavy atom. The number of aromatic carboxylic acids is 1. The van der Waals surface area contributed by atoms with Crippen molar-refractivity contribution >= 4 is 28.1 Å². The van der Waals surface area contributed by atoms with Crippen molar-refractivity contribution in [3.8, 4) is 0 Å². The monoisotopic (exact) mass is 281 g/mol. The van der Waals surface area contributed by atoms with Gasteiger partial charge in [0.2, 0.25) is 0 Å². The van der Waals surface area contributed by atoms with Crippen molar-refractivity contribution in [2.75, 3.05) is 24.6 Å². The number of imidazole rings is 1. The minimum absolute atomic E-state index is 0.231. The molecule has 2 aromatic rings. The van der Waals surface area contributed by atoms with E-state index in [9.17, 15) is 9.90 Å². The van der Waals surface area contributed by atoms with Crippen molar-refractivity contribution < 1.29 is 14.6 Å². The molecular formula is C12H15N3O3S. The van der Waals surface area contributed by atoms with Crippen LogP contribution in [-0.2, 0) is 4.74 Å². The van der Waals surface area contributed by atoms with E-state index in [0.717, 1.165) is 0 Å². The Hall–Kier alpha value is -1.60. The van der Waals surface area contributed by atoms with Crippen LogP contribution in [0.15, 0.2) is 11.6 Å². The van der Waals surface area contributed by atoms with Gasteiger partial charge in [-0.15, -0.1) is 11.3 Å². The molecule has 19 heavy (non-hydrogen) atoms. The first-order valence-corrected chi connectivity index (χ1v) is 6.94. The lowest BCUT2D eigenvalue weighted by atomic mass is 10.1. The van der Waals surface area contributed by atoms with E-state index in [2.05, 4.69) is 4.98 Å². The number of nitrogens with zero attached hydrogens (tertiary/aromatic N) is 3. The number of hydrogen-bond acceptors (Lipinski definition) is 5. The summed E-state index contributed by atoms with van der Waals surface area (Å²) in [6.07, 6.45) is 1.74. The number of aromatic nitrogens is 2. The van der Waals surface area contributed by atoms with E-state index in [1.165, 1.54) is 11.3 Å². The number of hydrogen-bond donors (Lipinski definition) is 1. The highest BCUT2D eigenvalue weighted by Crippen LogP contribution is 2.28. The summed E-state index contributed by atoms with van der Waals surface area (Å²) < 4.78 is 7.28. The fourth-order valence-electron chi connectivity index (χ4n) is 2.39. The van der Waals surface area contributed by atoms with Gasteiger partial charge in [0.15, 0.2) is 16.5 Å². The van der Waals surface area contributed by atoms with Crippen LogP contribution in [0.4, 0.5) is 5.82 Å². The summed E-state index contributed by atoms with van der Waals surface area (Å²) in [6, 6.07) is 0. The van der Waals surface area contributed by atoms with E-state index in [0.29, 0.717) is 30.5 Å². The van der Waals surface area contributed by atoms with Gasteiger partial charge in [0.05, 0.1) is 12.2 Å². The molecule has 7 heteroatoms. The Labute approximate surface area is 114 Å². The molecule has 1 fully saturated rings. The molecule has 0 aromatic carbocycles. The lowest BCUT2D eigenvalue weighted by molar-refractivity contribution is -0.0279. The summed E-state index contributed by atoms with van der Waals surface area (Å²) in [5.41, 5.74) is -0.0561. The summed E-state index contributed by atoms with van der Waals surface area (Å²) >= 11 is 1.43. The molecule has 6 nitrogen and oxygen atoms in total. The van der Waals surface area contributed by atoms with Crippen molar-refractivity contribution in [1.29, 1.82) is 0 Å². The highest BCUT2D eigenvalue weighted by Gasteiger charge is 2.32. The van der Waals surface area contributed by atoms with Gasteiger partial charge in [-0.3, -0.25) is 4.40 Å². The maximum atomic E-state index is 11.5. The molecule has 2 aromatic heterocycles. The molecule has 0 radical (unpaired) electrons. The molecule has 3 heterocycles. The van der Waals surface area contributed by atoms with Crippen LogP contribution in [0.25, 0.3) is 4.96 Å². The molecule has 1 aliphatic heterocycles. The number of anilines is 1. The van der Waals surface area contributed by atoms with Gasteiger partial charge in [-0.05, 0) is 13.8 Å². The largest absolute Gasteiger partial charge is 0.476 e. The van der Waals surface area contributed by atoms with E-state index in [4.69, 9.17) is 4.74 Å². The Bertz CT molecular complexity index is 631. The number of carboxylic acids is 1. The quantitative estimate of drug-likeness (QED) is 0.907. The number of thiazole rings is 1. The zero-order valence-electron chi connectivity index (χ0n) is 10.8. The number of ether oxygens (including phenoxy) is 1. The molecule has 3 rings (SSSR count). The molecular weight excluding hydrogens is 266 g/mol. The molecule has 1 aliphatic rings. The van der Waals surface area contributed by atoms with Crippen molar-refractivity contribution in [1.82, 2.24) is 9.38 Å². The minimum atomic E-state index is -0.954. The first kappa shape index (κ1) is 12.4. The second-order valence-electron chi connectivity index (χ2n) is 5.17.